The fraction of sp³-hybridized carbons (Fsp3) is 0.500. The van der Waals surface area contributed by atoms with Gasteiger partial charge >= 0.3 is 0 Å². The topological polar surface area (TPSA) is 41.1 Å². The second kappa shape index (κ2) is 6.48. The van der Waals surface area contributed by atoms with Crippen molar-refractivity contribution in [2.75, 3.05) is 13.1 Å². The lowest BCUT2D eigenvalue weighted by Crippen LogP contribution is -2.44. The van der Waals surface area contributed by atoms with Crippen LogP contribution < -0.4 is 10.6 Å². The van der Waals surface area contributed by atoms with E-state index < -0.39 is 5.82 Å². The number of piperidine rings is 1. The van der Waals surface area contributed by atoms with E-state index in [4.69, 9.17) is 0 Å². The van der Waals surface area contributed by atoms with Crippen LogP contribution in [0.5, 0.6) is 0 Å². The molecule has 1 amide bonds. The van der Waals surface area contributed by atoms with Crippen LogP contribution >= 0.6 is 15.9 Å². The number of halogens is 2. The van der Waals surface area contributed by atoms with Gasteiger partial charge in [-0.05, 0) is 57.0 Å². The molecular formula is C14H18BrFN2O. The quantitative estimate of drug-likeness (QED) is 0.895. The lowest BCUT2D eigenvalue weighted by atomic mass is 9.92. The van der Waals surface area contributed by atoms with Crippen molar-refractivity contribution in [1.82, 2.24) is 10.6 Å². The maximum atomic E-state index is 13.7. The first-order valence-electron chi connectivity index (χ1n) is 6.54. The predicted molar refractivity (Wildman–Crippen MR) is 76.6 cm³/mol. The van der Waals surface area contributed by atoms with Crippen LogP contribution in [0.1, 0.15) is 30.1 Å². The maximum Gasteiger partial charge on any atom is 0.254 e. The molecule has 0 aromatic heterocycles. The molecule has 5 heteroatoms. The summed E-state index contributed by atoms with van der Waals surface area (Å²) in [6, 6.07) is 4.52. The average Bonchev–Trinajstić information content (AvgIpc) is 2.39. The van der Waals surface area contributed by atoms with Crippen LogP contribution in [-0.4, -0.2) is 25.0 Å². The van der Waals surface area contributed by atoms with Gasteiger partial charge in [0.25, 0.3) is 5.91 Å². The molecule has 0 radical (unpaired) electrons. The number of carbonyl (C=O) groups is 1. The minimum atomic E-state index is -0.499. The van der Waals surface area contributed by atoms with E-state index in [1.807, 2.05) is 6.92 Å². The van der Waals surface area contributed by atoms with Gasteiger partial charge in [-0.15, -0.1) is 0 Å². The smallest absolute Gasteiger partial charge is 0.254 e. The van der Waals surface area contributed by atoms with Crippen molar-refractivity contribution in [2.24, 2.45) is 5.92 Å². The Morgan fingerprint density at radius 3 is 3.00 bits per heavy atom. The highest BCUT2D eigenvalue weighted by Gasteiger charge is 2.22. The van der Waals surface area contributed by atoms with Crippen molar-refractivity contribution in [2.45, 2.75) is 25.8 Å². The monoisotopic (exact) mass is 328 g/mol. The molecule has 1 aromatic rings. The Bertz CT molecular complexity index is 461. The first-order chi connectivity index (χ1) is 9.08. The number of carbonyl (C=O) groups excluding carboxylic acids is 1. The molecule has 1 aliphatic rings. The van der Waals surface area contributed by atoms with Crippen LogP contribution in [0.25, 0.3) is 0 Å². The Morgan fingerprint density at radius 1 is 1.58 bits per heavy atom. The normalized spacial score (nSPS) is 20.9. The Hall–Kier alpha value is -0.940. The van der Waals surface area contributed by atoms with Crippen molar-refractivity contribution in [3.8, 4) is 0 Å². The third kappa shape index (κ3) is 3.76. The zero-order chi connectivity index (χ0) is 13.8. The van der Waals surface area contributed by atoms with Gasteiger partial charge < -0.3 is 10.6 Å². The second-order valence-electron chi connectivity index (χ2n) is 4.99. The Labute approximate surface area is 121 Å². The summed E-state index contributed by atoms with van der Waals surface area (Å²) < 4.78 is 14.3. The van der Waals surface area contributed by atoms with E-state index in [1.165, 1.54) is 12.1 Å². The van der Waals surface area contributed by atoms with Crippen LogP contribution in [0, 0.1) is 11.7 Å². The molecule has 1 aliphatic heterocycles. The highest BCUT2D eigenvalue weighted by Crippen LogP contribution is 2.17. The number of benzene rings is 1. The van der Waals surface area contributed by atoms with E-state index >= 15 is 0 Å². The molecule has 0 aliphatic carbocycles. The third-order valence-electron chi connectivity index (χ3n) is 3.58. The van der Waals surface area contributed by atoms with Gasteiger partial charge in [-0.25, -0.2) is 4.39 Å². The van der Waals surface area contributed by atoms with Crippen molar-refractivity contribution < 1.29 is 9.18 Å². The molecule has 3 nitrogen and oxygen atoms in total. The summed E-state index contributed by atoms with van der Waals surface area (Å²) in [4.78, 5) is 12.0. The molecule has 1 heterocycles. The SMILES string of the molecule is CC(NC(=O)c1ccc(Br)cc1F)C1CCCNC1. The zero-order valence-electron chi connectivity index (χ0n) is 10.9. The zero-order valence-corrected chi connectivity index (χ0v) is 12.5. The Kier molecular flexibility index (Phi) is 4.93. The molecule has 2 unspecified atom stereocenters. The molecule has 1 fully saturated rings. The predicted octanol–water partition coefficient (Wildman–Crippen LogP) is 2.71. The summed E-state index contributed by atoms with van der Waals surface area (Å²) in [6.07, 6.45) is 2.22. The van der Waals surface area contributed by atoms with Crippen molar-refractivity contribution in [3.05, 3.63) is 34.1 Å². The molecule has 2 N–H and O–H groups in total. The van der Waals surface area contributed by atoms with E-state index in [2.05, 4.69) is 26.6 Å². The number of rotatable bonds is 3. The van der Waals surface area contributed by atoms with Crippen molar-refractivity contribution >= 4 is 21.8 Å². The largest absolute Gasteiger partial charge is 0.349 e. The van der Waals surface area contributed by atoms with E-state index in [9.17, 15) is 9.18 Å². The molecule has 1 saturated heterocycles. The van der Waals surface area contributed by atoms with Crippen LogP contribution in [0.15, 0.2) is 22.7 Å². The maximum absolute atomic E-state index is 13.7. The fourth-order valence-corrected chi connectivity index (χ4v) is 2.71. The molecule has 0 saturated carbocycles. The molecule has 104 valence electrons. The van der Waals surface area contributed by atoms with Gasteiger partial charge in [0, 0.05) is 10.5 Å². The van der Waals surface area contributed by atoms with Crippen LogP contribution in [-0.2, 0) is 0 Å². The number of hydrogen-bond donors (Lipinski definition) is 2. The average molecular weight is 329 g/mol. The van der Waals surface area contributed by atoms with Crippen LogP contribution in [0.4, 0.5) is 4.39 Å². The number of amides is 1. The summed E-state index contributed by atoms with van der Waals surface area (Å²) in [7, 11) is 0. The highest BCUT2D eigenvalue weighted by molar-refractivity contribution is 9.10. The number of nitrogens with one attached hydrogen (secondary N) is 2. The van der Waals surface area contributed by atoms with Crippen LogP contribution in [0.3, 0.4) is 0 Å². The van der Waals surface area contributed by atoms with Gasteiger partial charge in [0.2, 0.25) is 0 Å². The Morgan fingerprint density at radius 2 is 2.37 bits per heavy atom. The Balaban J connectivity index is 1.99. The fourth-order valence-electron chi connectivity index (χ4n) is 2.38. The first-order valence-corrected chi connectivity index (χ1v) is 7.34. The van der Waals surface area contributed by atoms with Gasteiger partial charge in [-0.1, -0.05) is 15.9 Å². The molecule has 1 aromatic carbocycles. The van der Waals surface area contributed by atoms with E-state index in [0.29, 0.717) is 10.4 Å². The van der Waals surface area contributed by atoms with Crippen molar-refractivity contribution in [3.63, 3.8) is 0 Å². The van der Waals surface area contributed by atoms with Gasteiger partial charge in [0.05, 0.1) is 5.56 Å². The van der Waals surface area contributed by atoms with Gasteiger partial charge in [0.1, 0.15) is 5.82 Å². The lowest BCUT2D eigenvalue weighted by molar-refractivity contribution is 0.0918. The molecule has 19 heavy (non-hydrogen) atoms. The highest BCUT2D eigenvalue weighted by atomic mass is 79.9. The first kappa shape index (κ1) is 14.5. The van der Waals surface area contributed by atoms with E-state index in [-0.39, 0.29) is 17.5 Å². The molecule has 0 bridgehead atoms. The van der Waals surface area contributed by atoms with Gasteiger partial charge in [0.15, 0.2) is 0 Å². The van der Waals surface area contributed by atoms with Gasteiger partial charge in [-0.3, -0.25) is 4.79 Å². The van der Waals surface area contributed by atoms with Crippen molar-refractivity contribution in [1.29, 1.82) is 0 Å². The third-order valence-corrected chi connectivity index (χ3v) is 4.07. The summed E-state index contributed by atoms with van der Waals surface area (Å²) >= 11 is 3.18. The van der Waals surface area contributed by atoms with Crippen LogP contribution in [0.2, 0.25) is 0 Å². The lowest BCUT2D eigenvalue weighted by Gasteiger charge is -2.29. The molecule has 2 atom stereocenters. The minimum Gasteiger partial charge on any atom is -0.349 e. The minimum absolute atomic E-state index is 0.0448. The molecule has 0 spiro atoms. The second-order valence-corrected chi connectivity index (χ2v) is 5.91. The van der Waals surface area contributed by atoms with E-state index in [1.54, 1.807) is 6.07 Å². The standard InChI is InChI=1S/C14H18BrFN2O/c1-9(10-3-2-6-17-8-10)18-14(19)12-5-4-11(15)7-13(12)16/h4-5,7,9-10,17H,2-3,6,8H2,1H3,(H,18,19). The molecule has 2 rings (SSSR count). The van der Waals surface area contributed by atoms with Gasteiger partial charge in [-0.2, -0.15) is 0 Å². The summed E-state index contributed by atoms with van der Waals surface area (Å²) in [5.41, 5.74) is 0.0961. The summed E-state index contributed by atoms with van der Waals surface area (Å²) in [6.45, 7) is 3.93. The van der Waals surface area contributed by atoms with E-state index in [0.717, 1.165) is 25.9 Å². The number of hydrogen-bond acceptors (Lipinski definition) is 2. The summed E-state index contributed by atoms with van der Waals surface area (Å²) in [5.74, 6) is -0.430. The summed E-state index contributed by atoms with van der Waals surface area (Å²) in [5, 5.41) is 6.21. The molecular weight excluding hydrogens is 311 g/mol.